The Morgan fingerprint density at radius 3 is 0.881 bits per heavy atom. The number of hydrogen-bond donors (Lipinski definition) is 0. The van der Waals surface area contributed by atoms with Crippen LogP contribution in [0.25, 0.3) is 32.7 Å². The summed E-state index contributed by atoms with van der Waals surface area (Å²) in [7, 11) is -34.9. The highest BCUT2D eigenvalue weighted by Crippen LogP contribution is 2.58. The van der Waals surface area contributed by atoms with E-state index < -0.39 is 168 Å². The molecule has 0 radical (unpaired) electrons. The Morgan fingerprint density at radius 2 is 0.582 bits per heavy atom. The van der Waals surface area contributed by atoms with Crippen molar-refractivity contribution >= 4 is 72.1 Å². The van der Waals surface area contributed by atoms with E-state index >= 15 is 0 Å². The van der Waals surface area contributed by atoms with E-state index in [4.69, 9.17) is 9.47 Å². The van der Waals surface area contributed by atoms with Gasteiger partial charge in [-0.2, -0.15) is 108 Å². The Morgan fingerprint density at radius 1 is 0.328 bits per heavy atom. The van der Waals surface area contributed by atoms with Crippen LogP contribution in [0.1, 0.15) is 16.7 Å². The number of hydrogen-bond acceptors (Lipinski definition) is 17. The molecule has 0 spiro atoms. The molecule has 376 valence electrons. The molecule has 0 aliphatic heterocycles. The predicted octanol–water partition coefficient (Wildman–Crippen LogP) is 7.74. The fourth-order valence-corrected chi connectivity index (χ4v) is 8.04. The third-order valence-electron chi connectivity index (χ3n) is 8.19. The van der Waals surface area contributed by atoms with E-state index in [1.807, 2.05) is 0 Å². The van der Waals surface area contributed by atoms with Gasteiger partial charge in [-0.25, -0.2) is 0 Å². The van der Waals surface area contributed by atoms with Crippen molar-refractivity contribution in [2.75, 3.05) is 14.2 Å². The van der Waals surface area contributed by atoms with Gasteiger partial charge in [-0.05, 0) is 43.5 Å². The molecule has 4 aromatic carbocycles. The van der Waals surface area contributed by atoms with Crippen LogP contribution < -0.4 is 30.4 Å². The monoisotopic (exact) mass is 1100 g/mol. The lowest BCUT2D eigenvalue weighted by molar-refractivity contribution is -0.0506. The van der Waals surface area contributed by atoms with Gasteiger partial charge in [0.15, 0.2) is 28.7 Å². The molecule has 0 N–H and O–H groups in total. The molecule has 37 heteroatoms. The molecular formula is C30H19F15O17S5. The number of rotatable bonds is 13. The van der Waals surface area contributed by atoms with Crippen molar-refractivity contribution in [1.29, 1.82) is 0 Å². The number of benzene rings is 4. The maximum absolute atomic E-state index is 13.9. The van der Waals surface area contributed by atoms with Crippen molar-refractivity contribution in [3.05, 3.63) is 41.0 Å². The number of halogens is 15. The maximum Gasteiger partial charge on any atom is 0.534 e. The first-order valence-corrected chi connectivity index (χ1v) is 23.2. The molecule has 0 unspecified atom stereocenters. The van der Waals surface area contributed by atoms with Gasteiger partial charge in [0, 0.05) is 34.0 Å². The number of fused-ring (bicyclic) bond motifs is 2. The zero-order chi connectivity index (χ0) is 52.0. The summed E-state index contributed by atoms with van der Waals surface area (Å²) in [6.45, 7) is 1.76. The van der Waals surface area contributed by atoms with E-state index in [2.05, 4.69) is 20.9 Å². The molecule has 0 bridgehead atoms. The second-order valence-corrected chi connectivity index (χ2v) is 20.4. The minimum Gasteiger partial charge on any atom is -0.496 e. The molecule has 0 aliphatic carbocycles. The van der Waals surface area contributed by atoms with E-state index in [0.717, 1.165) is 6.92 Å². The molecule has 0 atom stereocenters. The highest BCUT2D eigenvalue weighted by molar-refractivity contribution is 7.89. The molecule has 17 nitrogen and oxygen atoms in total. The lowest BCUT2D eigenvalue weighted by atomic mass is 9.87. The first-order valence-electron chi connectivity index (χ1n) is 16.2. The highest BCUT2D eigenvalue weighted by atomic mass is 32.2. The Balaban J connectivity index is 2.61. The SMILES string of the molecule is COc1cc(OS(=O)(=O)C(F)(F)F)c2c(OS(=O)(=O)C(F)(F)F)c(C)cc(C)c2c1-c1c(OC)cc(OS(=O)(=O)C(F)(F)F)c2c(OS(=O)(=O)C(F)(F)F)c(C)cc(OS(=O)(=O)C(F)(F)F)c12. The Kier molecular flexibility index (Phi) is 13.6. The van der Waals surface area contributed by atoms with E-state index in [1.54, 1.807) is 0 Å². The standard InChI is InChI=1S/C30H19F15O17S5/c1-10-6-11(2)24(61-66(52,53)29(40,41)42)22-16(59-64(48,49)27(34,35)36)8-13(56-4)19(18(10)22)20-14(57-5)9-17(60-65(50,51)28(37,38)39)23-21(20)15(58-63(46,47)26(31,32)33)7-12(3)25(23)62-67(54,55)30(43,44)45/h6-9H,1-5H3. The average Bonchev–Trinajstić information content (AvgIpc) is 3.11. The molecule has 4 aromatic rings. The molecule has 0 saturated carbocycles. The molecule has 0 heterocycles. The maximum atomic E-state index is 13.9. The van der Waals surface area contributed by atoms with Crippen molar-refractivity contribution in [2.24, 2.45) is 0 Å². The fourth-order valence-electron chi connectivity index (χ4n) is 5.59. The lowest BCUT2D eigenvalue weighted by Crippen LogP contribution is -2.29. The quantitative estimate of drug-likeness (QED) is 0.0707. The summed E-state index contributed by atoms with van der Waals surface area (Å²) >= 11 is 0. The van der Waals surface area contributed by atoms with E-state index in [1.165, 1.54) is 0 Å². The minimum absolute atomic E-state index is 0.0938. The molecule has 0 amide bonds. The summed E-state index contributed by atoms with van der Waals surface area (Å²) in [5.41, 5.74) is -38.5. The van der Waals surface area contributed by atoms with Gasteiger partial charge in [0.05, 0.1) is 25.0 Å². The van der Waals surface area contributed by atoms with Gasteiger partial charge in [-0.1, -0.05) is 6.07 Å². The van der Waals surface area contributed by atoms with Crippen molar-refractivity contribution in [3.63, 3.8) is 0 Å². The van der Waals surface area contributed by atoms with Gasteiger partial charge in [0.2, 0.25) is 0 Å². The fraction of sp³-hybridized carbons (Fsp3) is 0.333. The molecule has 0 saturated heterocycles. The van der Waals surface area contributed by atoms with Crippen LogP contribution in [-0.2, 0) is 50.6 Å². The van der Waals surface area contributed by atoms with Crippen molar-refractivity contribution in [1.82, 2.24) is 0 Å². The van der Waals surface area contributed by atoms with Crippen LogP contribution in [0.5, 0.6) is 40.2 Å². The summed E-state index contributed by atoms with van der Waals surface area (Å²) in [4.78, 5) is 0. The van der Waals surface area contributed by atoms with Crippen LogP contribution >= 0.6 is 0 Å². The highest BCUT2D eigenvalue weighted by Gasteiger charge is 2.54. The zero-order valence-corrected chi connectivity index (χ0v) is 36.5. The molecule has 0 aromatic heterocycles. The summed E-state index contributed by atoms with van der Waals surface area (Å²) in [5, 5.41) is -7.02. The van der Waals surface area contributed by atoms with Crippen LogP contribution in [0.2, 0.25) is 0 Å². The summed E-state index contributed by atoms with van der Waals surface area (Å²) < 4.78 is 361. The Bertz CT molecular complexity index is 3270. The van der Waals surface area contributed by atoms with Gasteiger partial charge < -0.3 is 30.4 Å². The molecule has 67 heavy (non-hydrogen) atoms. The minimum atomic E-state index is -7.22. The number of methoxy groups -OCH3 is 2. The first kappa shape index (κ1) is 54.3. The average molecular weight is 1100 g/mol. The summed E-state index contributed by atoms with van der Waals surface area (Å²) in [6.07, 6.45) is 0. The molecule has 0 fully saturated rings. The zero-order valence-electron chi connectivity index (χ0n) is 32.5. The third kappa shape index (κ3) is 9.99. The summed E-state index contributed by atoms with van der Waals surface area (Å²) in [5.74, 6) is -13.0. The second-order valence-electron chi connectivity index (χ2n) is 12.7. The van der Waals surface area contributed by atoms with Crippen LogP contribution in [-0.4, -0.2) is 83.9 Å². The normalized spacial score (nSPS) is 14.0. The first-order chi connectivity index (χ1) is 29.8. The Hall–Kier alpha value is -5.30. The third-order valence-corrected chi connectivity index (χ3v) is 13.0. The number of ether oxygens (including phenoxy) is 2. The van der Waals surface area contributed by atoms with Crippen LogP contribution in [0.4, 0.5) is 65.9 Å². The summed E-state index contributed by atoms with van der Waals surface area (Å²) in [6, 6.07) is 0.149. The van der Waals surface area contributed by atoms with Crippen molar-refractivity contribution < 1.29 is 138 Å². The van der Waals surface area contributed by atoms with Gasteiger partial charge in [-0.3, -0.25) is 0 Å². The van der Waals surface area contributed by atoms with E-state index in [-0.39, 0.29) is 18.2 Å². The molecular weight excluding hydrogens is 1080 g/mol. The largest absolute Gasteiger partial charge is 0.534 e. The lowest BCUT2D eigenvalue weighted by Gasteiger charge is -2.25. The topological polar surface area (TPSA) is 235 Å². The van der Waals surface area contributed by atoms with Crippen LogP contribution in [0, 0.1) is 20.8 Å². The second kappa shape index (κ2) is 16.7. The van der Waals surface area contributed by atoms with Crippen molar-refractivity contribution in [2.45, 2.75) is 48.3 Å². The predicted molar refractivity (Wildman–Crippen MR) is 192 cm³/mol. The van der Waals surface area contributed by atoms with Gasteiger partial charge in [-0.15, -0.1) is 0 Å². The molecule has 4 rings (SSSR count). The van der Waals surface area contributed by atoms with Crippen molar-refractivity contribution in [3.8, 4) is 51.4 Å². The van der Waals surface area contributed by atoms with Gasteiger partial charge in [0.1, 0.15) is 11.5 Å². The van der Waals surface area contributed by atoms with E-state index in [9.17, 15) is 108 Å². The van der Waals surface area contributed by atoms with E-state index in [0.29, 0.717) is 34.1 Å². The van der Waals surface area contributed by atoms with Crippen LogP contribution in [0.3, 0.4) is 0 Å². The van der Waals surface area contributed by atoms with Crippen LogP contribution in [0.15, 0.2) is 24.3 Å². The van der Waals surface area contributed by atoms with Gasteiger partial charge >= 0.3 is 78.1 Å². The number of aryl methyl sites for hydroxylation is 3. The molecule has 0 aliphatic rings. The van der Waals surface area contributed by atoms with Gasteiger partial charge in [0.25, 0.3) is 0 Å². The smallest absolute Gasteiger partial charge is 0.496 e. The number of alkyl halides is 15. The Labute approximate surface area is 364 Å².